The van der Waals surface area contributed by atoms with Crippen LogP contribution in [0.5, 0.6) is 5.88 Å². The summed E-state index contributed by atoms with van der Waals surface area (Å²) in [5, 5.41) is 14.0. The largest absolute Gasteiger partial charge is 0.478 e. The smallest absolute Gasteiger partial charge is 0.416 e. The molecule has 0 bridgehead atoms. The Morgan fingerprint density at radius 2 is 1.37 bits per heavy atom. The van der Waals surface area contributed by atoms with E-state index in [-0.39, 0.29) is 31.7 Å². The van der Waals surface area contributed by atoms with Gasteiger partial charge in [-0.25, -0.2) is 4.98 Å². The third kappa shape index (κ3) is 7.99. The molecule has 5 nitrogen and oxygen atoms in total. The fourth-order valence-electron chi connectivity index (χ4n) is 7.00. The van der Waals surface area contributed by atoms with Crippen molar-refractivity contribution in [3.05, 3.63) is 138 Å². The first kappa shape index (κ1) is 36.6. The standard InChI is InChI=1S/C41H36F6N2O3/c42-40(43,44)24-8-7-16-36(50)39(34-14-5-3-11-31(34)32-12-4-6-15-35(32)39)23-9-25-52-37-22-21-29(26-48-37)49-38(51)33-13-2-1-10-30(33)27-17-19-28(20-18-27)41(45,46)47/h1-6,10-15,17-22,26,38,49,51H,7-9,16,23-25H2. The number of aromatic nitrogens is 1. The highest BCUT2D eigenvalue weighted by Gasteiger charge is 2.47. The van der Waals surface area contributed by atoms with Gasteiger partial charge in [-0.05, 0) is 77.3 Å². The van der Waals surface area contributed by atoms with Gasteiger partial charge in [0.25, 0.3) is 0 Å². The van der Waals surface area contributed by atoms with E-state index >= 15 is 0 Å². The van der Waals surface area contributed by atoms with E-state index < -0.39 is 36.0 Å². The van der Waals surface area contributed by atoms with Gasteiger partial charge in [-0.15, -0.1) is 0 Å². The lowest BCUT2D eigenvalue weighted by atomic mass is 9.70. The van der Waals surface area contributed by atoms with E-state index in [1.165, 1.54) is 18.3 Å². The van der Waals surface area contributed by atoms with Gasteiger partial charge in [0.2, 0.25) is 5.88 Å². The zero-order chi connectivity index (χ0) is 36.9. The number of hydrogen-bond acceptors (Lipinski definition) is 5. The van der Waals surface area contributed by atoms with Gasteiger partial charge in [-0.1, -0.05) is 84.9 Å². The number of nitrogens with one attached hydrogen (secondary N) is 1. The molecule has 5 aromatic rings. The Kier molecular flexibility index (Phi) is 10.7. The van der Waals surface area contributed by atoms with Crippen LogP contribution in [-0.4, -0.2) is 28.7 Å². The third-order valence-corrected chi connectivity index (χ3v) is 9.42. The van der Waals surface area contributed by atoms with Crippen LogP contribution in [-0.2, 0) is 16.4 Å². The molecule has 0 saturated carbocycles. The first-order valence-corrected chi connectivity index (χ1v) is 17.0. The lowest BCUT2D eigenvalue weighted by Crippen LogP contribution is -2.36. The number of Topliss-reactive ketones (excluding diaryl/α,β-unsaturated/α-hetero) is 1. The van der Waals surface area contributed by atoms with Crippen molar-refractivity contribution in [3.63, 3.8) is 0 Å². The monoisotopic (exact) mass is 718 g/mol. The molecular formula is C41H36F6N2O3. The quantitative estimate of drug-likeness (QED) is 0.0680. The SMILES string of the molecule is O=C(CCCCC(F)(F)F)C1(CCCOc2ccc(NC(O)c3ccccc3-c3ccc(C(F)(F)F)cc3)cn2)c2ccccc2-c2ccccc21. The van der Waals surface area contributed by atoms with Gasteiger partial charge >= 0.3 is 12.4 Å². The summed E-state index contributed by atoms with van der Waals surface area (Å²) in [7, 11) is 0. The van der Waals surface area contributed by atoms with Crippen LogP contribution in [0.4, 0.5) is 32.0 Å². The Morgan fingerprint density at radius 1 is 0.750 bits per heavy atom. The second-order valence-electron chi connectivity index (χ2n) is 12.8. The molecule has 0 aliphatic heterocycles. The minimum atomic E-state index is -4.46. The molecule has 6 rings (SSSR count). The highest BCUT2D eigenvalue weighted by molar-refractivity contribution is 6.01. The number of pyridine rings is 1. The van der Waals surface area contributed by atoms with Gasteiger partial charge in [0, 0.05) is 24.5 Å². The molecule has 1 atom stereocenters. The van der Waals surface area contributed by atoms with Gasteiger partial charge in [-0.2, -0.15) is 26.3 Å². The minimum Gasteiger partial charge on any atom is -0.478 e. The highest BCUT2D eigenvalue weighted by atomic mass is 19.4. The molecule has 1 aliphatic rings. The fourth-order valence-corrected chi connectivity index (χ4v) is 7.00. The van der Waals surface area contributed by atoms with Gasteiger partial charge < -0.3 is 15.2 Å². The Bertz CT molecular complexity index is 1950. The maximum Gasteiger partial charge on any atom is 0.416 e. The summed E-state index contributed by atoms with van der Waals surface area (Å²) in [6, 6.07) is 30.2. The molecule has 4 aromatic carbocycles. The van der Waals surface area contributed by atoms with Crippen LogP contribution < -0.4 is 10.1 Å². The molecule has 0 spiro atoms. The Hall–Kier alpha value is -5.16. The van der Waals surface area contributed by atoms with Gasteiger partial charge in [0.15, 0.2) is 6.23 Å². The average Bonchev–Trinajstić information content (AvgIpc) is 3.42. The van der Waals surface area contributed by atoms with Crippen molar-refractivity contribution in [2.24, 2.45) is 0 Å². The maximum atomic E-state index is 14.1. The molecule has 0 fully saturated rings. The van der Waals surface area contributed by atoms with E-state index in [9.17, 15) is 36.2 Å². The summed E-state index contributed by atoms with van der Waals surface area (Å²) in [5.74, 6) is 0.198. The number of carbonyl (C=O) groups excluding carboxylic acids is 1. The van der Waals surface area contributed by atoms with Crippen LogP contribution in [0.1, 0.15) is 67.0 Å². The number of hydrogen-bond donors (Lipinski definition) is 2. The Balaban J connectivity index is 1.11. The van der Waals surface area contributed by atoms with Gasteiger partial charge in [0.05, 0.1) is 29.5 Å². The number of anilines is 1. The number of ketones is 1. The van der Waals surface area contributed by atoms with Gasteiger partial charge in [-0.3, -0.25) is 4.79 Å². The summed E-state index contributed by atoms with van der Waals surface area (Å²) < 4.78 is 83.6. The van der Waals surface area contributed by atoms with Crippen molar-refractivity contribution >= 4 is 11.5 Å². The number of benzene rings is 4. The van der Waals surface area contributed by atoms with Crippen LogP contribution in [0.3, 0.4) is 0 Å². The number of unbranched alkanes of at least 4 members (excludes halogenated alkanes) is 1. The van der Waals surface area contributed by atoms with Crippen molar-refractivity contribution in [2.45, 2.75) is 62.5 Å². The molecular weight excluding hydrogens is 682 g/mol. The summed E-state index contributed by atoms with van der Waals surface area (Å²) in [5.41, 5.74) is 3.82. The predicted molar refractivity (Wildman–Crippen MR) is 187 cm³/mol. The van der Waals surface area contributed by atoms with E-state index in [4.69, 9.17) is 4.74 Å². The second-order valence-corrected chi connectivity index (χ2v) is 12.8. The van der Waals surface area contributed by atoms with Crippen molar-refractivity contribution in [3.8, 4) is 28.1 Å². The van der Waals surface area contributed by atoms with Crippen molar-refractivity contribution < 1.29 is 41.0 Å². The topological polar surface area (TPSA) is 71.5 Å². The van der Waals surface area contributed by atoms with Crippen molar-refractivity contribution in [1.29, 1.82) is 0 Å². The lowest BCUT2D eigenvalue weighted by Gasteiger charge is -2.31. The number of fused-ring (bicyclic) bond motifs is 3. The average molecular weight is 719 g/mol. The molecule has 0 amide bonds. The Morgan fingerprint density at radius 3 is 1.96 bits per heavy atom. The summed E-state index contributed by atoms with van der Waals surface area (Å²) in [6.07, 6.45) is -8.47. The number of carbonyl (C=O) groups is 1. The third-order valence-electron chi connectivity index (χ3n) is 9.42. The highest BCUT2D eigenvalue weighted by Crippen LogP contribution is 2.52. The number of rotatable bonds is 14. The van der Waals surface area contributed by atoms with Crippen LogP contribution in [0.15, 0.2) is 115 Å². The van der Waals surface area contributed by atoms with Crippen LogP contribution in [0.2, 0.25) is 0 Å². The molecule has 0 radical (unpaired) electrons. The summed E-state index contributed by atoms with van der Waals surface area (Å²) in [4.78, 5) is 18.4. The molecule has 2 N–H and O–H groups in total. The molecule has 52 heavy (non-hydrogen) atoms. The number of halogens is 6. The second kappa shape index (κ2) is 15.2. The first-order chi connectivity index (χ1) is 24.9. The fraction of sp³-hybridized carbons (Fsp3) is 0.268. The molecule has 1 aliphatic carbocycles. The molecule has 0 saturated heterocycles. The van der Waals surface area contributed by atoms with E-state index in [1.807, 2.05) is 48.5 Å². The van der Waals surface area contributed by atoms with Crippen LogP contribution in [0.25, 0.3) is 22.3 Å². The maximum absolute atomic E-state index is 14.1. The van der Waals surface area contributed by atoms with E-state index in [2.05, 4.69) is 10.3 Å². The predicted octanol–water partition coefficient (Wildman–Crippen LogP) is 10.7. The van der Waals surface area contributed by atoms with E-state index in [1.54, 1.807) is 36.4 Å². The molecule has 11 heteroatoms. The normalized spacial score (nSPS) is 14.0. The number of ether oxygens (including phenoxy) is 1. The van der Waals surface area contributed by atoms with Crippen LogP contribution >= 0.6 is 0 Å². The zero-order valence-electron chi connectivity index (χ0n) is 28.0. The minimum absolute atomic E-state index is 0.0241. The van der Waals surface area contributed by atoms with Crippen LogP contribution in [0, 0.1) is 0 Å². The number of nitrogens with zero attached hydrogens (tertiary/aromatic N) is 1. The van der Waals surface area contributed by atoms with Gasteiger partial charge in [0.1, 0.15) is 5.78 Å². The van der Waals surface area contributed by atoms with E-state index in [0.29, 0.717) is 41.1 Å². The zero-order valence-corrected chi connectivity index (χ0v) is 28.0. The molecule has 270 valence electrons. The van der Waals surface area contributed by atoms with E-state index in [0.717, 1.165) is 34.4 Å². The summed E-state index contributed by atoms with van der Waals surface area (Å²) in [6.45, 7) is 0.219. The summed E-state index contributed by atoms with van der Waals surface area (Å²) >= 11 is 0. The van der Waals surface area contributed by atoms with Crippen molar-refractivity contribution in [2.75, 3.05) is 11.9 Å². The first-order valence-electron chi connectivity index (χ1n) is 17.0. The lowest BCUT2D eigenvalue weighted by molar-refractivity contribution is -0.138. The number of aliphatic hydroxyl groups is 1. The molecule has 1 aromatic heterocycles. The molecule has 1 unspecified atom stereocenters. The number of aliphatic hydroxyl groups excluding tert-OH is 1. The number of alkyl halides is 6. The van der Waals surface area contributed by atoms with Crippen molar-refractivity contribution in [1.82, 2.24) is 4.98 Å². The molecule has 1 heterocycles. The Labute approximate surface area is 297 Å².